The molecule has 3 N–H and O–H groups in total. The second kappa shape index (κ2) is 7.81. The van der Waals surface area contributed by atoms with E-state index in [9.17, 15) is 4.79 Å². The fourth-order valence-electron chi connectivity index (χ4n) is 2.90. The van der Waals surface area contributed by atoms with Gasteiger partial charge in [-0.25, -0.2) is 0 Å². The van der Waals surface area contributed by atoms with E-state index in [0.29, 0.717) is 40.9 Å². The van der Waals surface area contributed by atoms with Gasteiger partial charge in [0.15, 0.2) is 0 Å². The highest BCUT2D eigenvalue weighted by atomic mass is 35.5. The molecular weight excluding hydrogens is 302 g/mol. The first-order chi connectivity index (χ1) is 10.5. The number of methoxy groups -OCH3 is 1. The molecule has 2 rings (SSSR count). The maximum atomic E-state index is 12.2. The molecule has 1 aliphatic rings. The van der Waals surface area contributed by atoms with Crippen molar-refractivity contribution < 1.29 is 9.53 Å². The molecule has 6 heteroatoms. The average Bonchev–Trinajstić information content (AvgIpc) is 2.82. The minimum atomic E-state index is -0.150. The maximum Gasteiger partial charge on any atom is 0.255 e. The molecule has 1 heterocycles. The molecule has 5 nitrogen and oxygen atoms in total. The number of carbonyl (C=O) groups excluding carboxylic acids is 1. The molecule has 122 valence electrons. The molecule has 1 aromatic carbocycles. The lowest BCUT2D eigenvalue weighted by molar-refractivity contribution is 0.0949. The highest BCUT2D eigenvalue weighted by molar-refractivity contribution is 6.31. The van der Waals surface area contributed by atoms with Gasteiger partial charge in [-0.05, 0) is 50.8 Å². The van der Waals surface area contributed by atoms with Crippen LogP contribution in [0.3, 0.4) is 0 Å². The van der Waals surface area contributed by atoms with Gasteiger partial charge >= 0.3 is 0 Å². The van der Waals surface area contributed by atoms with Gasteiger partial charge in [0.1, 0.15) is 5.75 Å². The second-order valence-electron chi connectivity index (χ2n) is 5.77. The molecule has 0 bridgehead atoms. The Morgan fingerprint density at radius 1 is 1.32 bits per heavy atom. The monoisotopic (exact) mass is 325 g/mol. The van der Waals surface area contributed by atoms with Crippen LogP contribution < -0.4 is 20.9 Å². The first-order valence-electron chi connectivity index (χ1n) is 7.65. The van der Waals surface area contributed by atoms with Crippen LogP contribution in [0.25, 0.3) is 0 Å². The highest BCUT2D eigenvalue weighted by Crippen LogP contribution is 2.23. The van der Waals surface area contributed by atoms with E-state index in [1.54, 1.807) is 25.3 Å². The molecular formula is C16H24ClN3O2. The van der Waals surface area contributed by atoms with Gasteiger partial charge in [0.05, 0.1) is 12.7 Å². The molecule has 1 aliphatic heterocycles. The predicted molar refractivity (Wildman–Crippen MR) is 88.3 cm³/mol. The number of halogens is 1. The lowest BCUT2D eigenvalue weighted by Gasteiger charge is -2.17. The minimum absolute atomic E-state index is 0.150. The van der Waals surface area contributed by atoms with Crippen molar-refractivity contribution in [3.8, 4) is 5.75 Å². The molecule has 0 radical (unpaired) electrons. The number of hydrogen-bond acceptors (Lipinski definition) is 4. The summed E-state index contributed by atoms with van der Waals surface area (Å²) in [6, 6.07) is 5.96. The Balaban J connectivity index is 1.82. The number of ether oxygens (including phenoxy) is 1. The fourth-order valence-corrected chi connectivity index (χ4v) is 3.07. The van der Waals surface area contributed by atoms with Crippen molar-refractivity contribution in [2.75, 3.05) is 13.7 Å². The van der Waals surface area contributed by atoms with Gasteiger partial charge < -0.3 is 10.1 Å². The average molecular weight is 326 g/mol. The quantitative estimate of drug-likeness (QED) is 0.703. The lowest BCUT2D eigenvalue weighted by Crippen LogP contribution is -2.30. The number of benzene rings is 1. The van der Waals surface area contributed by atoms with E-state index in [-0.39, 0.29) is 5.91 Å². The summed E-state index contributed by atoms with van der Waals surface area (Å²) in [7, 11) is 1.54. The van der Waals surface area contributed by atoms with Crippen molar-refractivity contribution in [2.45, 2.75) is 38.8 Å². The van der Waals surface area contributed by atoms with E-state index in [1.165, 1.54) is 0 Å². The topological polar surface area (TPSA) is 62.4 Å². The van der Waals surface area contributed by atoms with Crippen molar-refractivity contribution in [3.63, 3.8) is 0 Å². The number of hydrazine groups is 1. The Hall–Kier alpha value is -1.30. The predicted octanol–water partition coefficient (Wildman–Crippen LogP) is 2.36. The minimum Gasteiger partial charge on any atom is -0.496 e. The summed E-state index contributed by atoms with van der Waals surface area (Å²) in [5.74, 6) is 0.967. The van der Waals surface area contributed by atoms with E-state index >= 15 is 0 Å². The number of rotatable bonds is 6. The molecule has 0 aliphatic carbocycles. The number of nitrogens with one attached hydrogen (secondary N) is 3. The standard InChI is InChI=1S/C16H24ClN3O2/c1-10-13(11(2)20-19-10)5-4-8-18-16(21)14-9-12(17)6-7-15(14)22-3/h6-7,9-11,13,19-20H,4-5,8H2,1-3H3,(H,18,21). The first-order valence-corrected chi connectivity index (χ1v) is 8.03. The van der Waals surface area contributed by atoms with Crippen LogP contribution in [0.4, 0.5) is 0 Å². The normalized spacial score (nSPS) is 24.3. The molecule has 2 unspecified atom stereocenters. The summed E-state index contributed by atoms with van der Waals surface area (Å²) < 4.78 is 5.20. The smallest absolute Gasteiger partial charge is 0.255 e. The largest absolute Gasteiger partial charge is 0.496 e. The zero-order valence-electron chi connectivity index (χ0n) is 13.3. The Morgan fingerprint density at radius 2 is 2.00 bits per heavy atom. The molecule has 1 amide bonds. The zero-order chi connectivity index (χ0) is 16.1. The van der Waals surface area contributed by atoms with Crippen LogP contribution in [0.5, 0.6) is 5.75 Å². The second-order valence-corrected chi connectivity index (χ2v) is 6.21. The summed E-state index contributed by atoms with van der Waals surface area (Å²) in [6.07, 6.45) is 2.01. The fraction of sp³-hybridized carbons (Fsp3) is 0.562. The zero-order valence-corrected chi connectivity index (χ0v) is 14.0. The third kappa shape index (κ3) is 4.12. The summed E-state index contributed by atoms with van der Waals surface area (Å²) >= 11 is 5.95. The third-order valence-corrected chi connectivity index (χ3v) is 4.46. The van der Waals surface area contributed by atoms with Crippen molar-refractivity contribution in [1.29, 1.82) is 0 Å². The molecule has 22 heavy (non-hydrogen) atoms. The van der Waals surface area contributed by atoms with Crippen LogP contribution >= 0.6 is 11.6 Å². The van der Waals surface area contributed by atoms with Gasteiger partial charge in [0.25, 0.3) is 5.91 Å². The van der Waals surface area contributed by atoms with Gasteiger partial charge in [-0.15, -0.1) is 0 Å². The van der Waals surface area contributed by atoms with E-state index in [2.05, 4.69) is 30.0 Å². The van der Waals surface area contributed by atoms with Gasteiger partial charge in [-0.1, -0.05) is 11.6 Å². The lowest BCUT2D eigenvalue weighted by atomic mass is 9.92. The van der Waals surface area contributed by atoms with Crippen LogP contribution in [-0.2, 0) is 0 Å². The van der Waals surface area contributed by atoms with Gasteiger partial charge in [0, 0.05) is 23.7 Å². The van der Waals surface area contributed by atoms with Gasteiger partial charge in [0.2, 0.25) is 0 Å². The summed E-state index contributed by atoms with van der Waals surface area (Å²) in [5, 5.41) is 3.46. The molecule has 2 atom stereocenters. The van der Waals surface area contributed by atoms with Crippen LogP contribution in [0.1, 0.15) is 37.0 Å². The number of hydrogen-bond donors (Lipinski definition) is 3. The Bertz CT molecular complexity index is 514. The van der Waals surface area contributed by atoms with Crippen LogP contribution in [0, 0.1) is 5.92 Å². The maximum absolute atomic E-state index is 12.2. The van der Waals surface area contributed by atoms with Gasteiger partial charge in [-0.2, -0.15) is 0 Å². The molecule has 1 saturated heterocycles. The van der Waals surface area contributed by atoms with E-state index < -0.39 is 0 Å². The summed E-state index contributed by atoms with van der Waals surface area (Å²) in [6.45, 7) is 5.00. The highest BCUT2D eigenvalue weighted by Gasteiger charge is 2.28. The first kappa shape index (κ1) is 17.1. The molecule has 1 fully saturated rings. The van der Waals surface area contributed by atoms with Crippen LogP contribution in [0.15, 0.2) is 18.2 Å². The van der Waals surface area contributed by atoms with Crippen molar-refractivity contribution in [1.82, 2.24) is 16.2 Å². The molecule has 0 spiro atoms. The Kier molecular flexibility index (Phi) is 6.06. The van der Waals surface area contributed by atoms with Crippen molar-refractivity contribution >= 4 is 17.5 Å². The van der Waals surface area contributed by atoms with Crippen molar-refractivity contribution in [2.24, 2.45) is 5.92 Å². The van der Waals surface area contributed by atoms with E-state index in [1.807, 2.05) is 0 Å². The summed E-state index contributed by atoms with van der Waals surface area (Å²) in [4.78, 5) is 12.2. The number of amides is 1. The van der Waals surface area contributed by atoms with Gasteiger partial charge in [-0.3, -0.25) is 15.6 Å². The van der Waals surface area contributed by atoms with Crippen LogP contribution in [-0.4, -0.2) is 31.6 Å². The SMILES string of the molecule is COc1ccc(Cl)cc1C(=O)NCCCC1C(C)NNC1C. The molecule has 1 aromatic rings. The van der Waals surface area contributed by atoms with Crippen molar-refractivity contribution in [3.05, 3.63) is 28.8 Å². The number of carbonyl (C=O) groups is 1. The van der Waals surface area contributed by atoms with E-state index in [4.69, 9.17) is 16.3 Å². The summed E-state index contributed by atoms with van der Waals surface area (Å²) in [5.41, 5.74) is 6.97. The Morgan fingerprint density at radius 3 is 2.64 bits per heavy atom. The Labute approximate surface area is 136 Å². The molecule has 0 aromatic heterocycles. The van der Waals surface area contributed by atoms with Crippen LogP contribution in [0.2, 0.25) is 5.02 Å². The third-order valence-electron chi connectivity index (χ3n) is 4.23. The molecule has 0 saturated carbocycles. The van der Waals surface area contributed by atoms with E-state index in [0.717, 1.165) is 12.8 Å².